The average molecular weight is 662 g/mol. The van der Waals surface area contributed by atoms with Gasteiger partial charge in [-0.15, -0.1) is 0 Å². The van der Waals surface area contributed by atoms with Crippen molar-refractivity contribution in [3.8, 4) is 0 Å². The molecule has 0 rings (SSSR count). The maximum Gasteiger partial charge on any atom is 0.303 e. The molecule has 0 fully saturated rings. The van der Waals surface area contributed by atoms with Crippen LogP contribution in [0.1, 0.15) is 103 Å². The Balaban J connectivity index is 3.04. The van der Waals surface area contributed by atoms with Crippen molar-refractivity contribution < 1.29 is 9.90 Å². The van der Waals surface area contributed by atoms with Gasteiger partial charge in [0.2, 0.25) is 0 Å². The quantitative estimate of drug-likeness (QED) is 0.0968. The number of rotatable bonds is 17. The Labute approximate surface area is 184 Å². The lowest BCUT2D eigenvalue weighted by Gasteiger charge is -2.11. The summed E-state index contributed by atoms with van der Waals surface area (Å²) in [5, 5.41) is 8.55. The second-order valence-corrected chi connectivity index (χ2v) is 18.2. The van der Waals surface area contributed by atoms with Gasteiger partial charge in [-0.05, 0) is 12.8 Å². The maximum atomic E-state index is 10.4. The number of aliphatic carboxylic acids is 1. The molecule has 23 heavy (non-hydrogen) atoms. The normalized spacial score (nSPS) is 11.8. The third-order valence-corrected chi connectivity index (χ3v) is 5.72. The largest absolute Gasteiger partial charge is 0.481 e. The number of alkyl halides is 3. The minimum absolute atomic E-state index is 0.342. The minimum Gasteiger partial charge on any atom is -0.481 e. The third kappa shape index (κ3) is 23.7. The zero-order chi connectivity index (χ0) is 17.4. The fraction of sp³-hybridized carbons (Fsp3) is 0.944. The lowest BCUT2D eigenvalue weighted by molar-refractivity contribution is -0.137. The van der Waals surface area contributed by atoms with Crippen molar-refractivity contribution in [2.24, 2.45) is 0 Å². The molecular weight excluding hydrogens is 629 g/mol. The van der Waals surface area contributed by atoms with Crippen molar-refractivity contribution in [2.45, 2.75) is 102 Å². The van der Waals surface area contributed by atoms with Gasteiger partial charge in [0.05, 0.1) is 0 Å². The lowest BCUT2D eigenvalue weighted by Crippen LogP contribution is -1.97. The zero-order valence-electron chi connectivity index (χ0n) is 14.3. The topological polar surface area (TPSA) is 37.3 Å². The second kappa shape index (κ2) is 17.1. The molecule has 0 atom stereocenters. The summed E-state index contributed by atoms with van der Waals surface area (Å²) in [6.07, 6.45) is 20.0. The monoisotopic (exact) mass is 662 g/mol. The van der Waals surface area contributed by atoms with Crippen LogP contribution in [0.5, 0.6) is 0 Å². The van der Waals surface area contributed by atoms with Crippen LogP contribution in [0.2, 0.25) is 0 Å². The van der Waals surface area contributed by atoms with Gasteiger partial charge in [-0.3, -0.25) is 4.79 Å². The van der Waals surface area contributed by atoms with Gasteiger partial charge in [-0.2, -0.15) is 0 Å². The van der Waals surface area contributed by atoms with Crippen molar-refractivity contribution in [1.82, 2.24) is 0 Å². The number of hydrogen-bond acceptors (Lipinski definition) is 1. The van der Waals surface area contributed by atoms with Crippen LogP contribution in [-0.2, 0) is 4.79 Å². The summed E-state index contributed by atoms with van der Waals surface area (Å²) in [6.45, 7) is 0. The predicted molar refractivity (Wildman–Crippen MR) is 126 cm³/mol. The Morgan fingerprint density at radius 1 is 0.609 bits per heavy atom. The van der Waals surface area contributed by atoms with Crippen LogP contribution >= 0.6 is 67.8 Å². The van der Waals surface area contributed by atoms with E-state index in [0.29, 0.717) is 5.86 Å². The van der Waals surface area contributed by atoms with E-state index < -0.39 is 5.97 Å². The number of carboxylic acids is 1. The van der Waals surface area contributed by atoms with Gasteiger partial charge in [0, 0.05) is 6.42 Å². The van der Waals surface area contributed by atoms with E-state index in [0.717, 1.165) is 12.8 Å². The molecule has 0 saturated heterocycles. The first-order valence-corrected chi connectivity index (χ1v) is 12.4. The summed E-state index contributed by atoms with van der Waals surface area (Å²) in [6, 6.07) is 0. The third-order valence-electron chi connectivity index (χ3n) is 4.10. The van der Waals surface area contributed by atoms with E-state index in [9.17, 15) is 4.79 Å². The summed E-state index contributed by atoms with van der Waals surface area (Å²) in [7, 11) is 0. The highest BCUT2D eigenvalue weighted by molar-refractivity contribution is 14.3. The van der Waals surface area contributed by atoms with Crippen molar-refractivity contribution in [2.75, 3.05) is 0 Å². The second-order valence-electron chi connectivity index (χ2n) is 6.46. The Morgan fingerprint density at radius 2 is 0.913 bits per heavy atom. The number of hydrogen-bond donors (Lipinski definition) is 1. The first-order chi connectivity index (χ1) is 10.9. The highest BCUT2D eigenvalue weighted by atomic mass is 127. The molecule has 0 bridgehead atoms. The molecule has 0 aromatic heterocycles. The maximum absolute atomic E-state index is 10.4. The molecule has 0 spiro atoms. The standard InChI is InChI=1S/C18H33I3O2/c19-18(20,21)16-14-12-10-8-6-4-2-1-3-5-7-9-11-13-15-17(22)23/h1-16H2,(H,22,23). The van der Waals surface area contributed by atoms with Crippen molar-refractivity contribution in [1.29, 1.82) is 0 Å². The molecule has 0 saturated carbocycles. The summed E-state index contributed by atoms with van der Waals surface area (Å²) < 4.78 is 0.420. The van der Waals surface area contributed by atoms with Crippen molar-refractivity contribution in [3.63, 3.8) is 0 Å². The molecule has 0 aromatic carbocycles. The molecule has 138 valence electrons. The minimum atomic E-state index is -0.655. The average Bonchev–Trinajstić information content (AvgIpc) is 2.45. The highest BCUT2D eigenvalue weighted by Crippen LogP contribution is 2.40. The van der Waals surface area contributed by atoms with Crippen LogP contribution in [0.3, 0.4) is 0 Å². The van der Waals surface area contributed by atoms with E-state index in [1.54, 1.807) is 0 Å². The van der Waals surface area contributed by atoms with Gasteiger partial charge in [0.15, 0.2) is 0 Å². The van der Waals surface area contributed by atoms with Crippen LogP contribution < -0.4 is 0 Å². The summed E-state index contributed by atoms with van der Waals surface area (Å²) in [5.41, 5.74) is 0. The molecule has 0 aliphatic heterocycles. The highest BCUT2D eigenvalue weighted by Gasteiger charge is 2.15. The van der Waals surface area contributed by atoms with Gasteiger partial charge < -0.3 is 5.11 Å². The first-order valence-electron chi connectivity index (χ1n) is 9.20. The van der Waals surface area contributed by atoms with E-state index in [1.165, 1.54) is 83.5 Å². The van der Waals surface area contributed by atoms with Crippen LogP contribution in [0.15, 0.2) is 0 Å². The van der Waals surface area contributed by atoms with Gasteiger partial charge in [0.25, 0.3) is 0 Å². The molecule has 5 heteroatoms. The van der Waals surface area contributed by atoms with E-state index in [2.05, 4.69) is 67.8 Å². The fourth-order valence-electron chi connectivity index (χ4n) is 2.72. The smallest absolute Gasteiger partial charge is 0.303 e. The Kier molecular flexibility index (Phi) is 18.3. The molecule has 1 N–H and O–H groups in total. The zero-order valence-corrected chi connectivity index (χ0v) is 20.8. The van der Waals surface area contributed by atoms with Gasteiger partial charge in [0.1, 0.15) is -0.565 Å². The SMILES string of the molecule is O=C(O)CCCCCCCCCCCCCCCCC(I)(I)I. The Bertz CT molecular complexity index is 278. The Hall–Kier alpha value is 1.66. The number of unbranched alkanes of at least 4 members (excludes halogenated alkanes) is 13. The lowest BCUT2D eigenvalue weighted by atomic mass is 10.0. The predicted octanol–water partition coefficient (Wildman–Crippen LogP) is 8.27. The number of carbonyl (C=O) groups is 1. The summed E-state index contributed by atoms with van der Waals surface area (Å²) in [5.74, 6) is -0.655. The van der Waals surface area contributed by atoms with E-state index >= 15 is 0 Å². The number of carboxylic acid groups (broad SMARTS) is 1. The number of halogens is 3. The summed E-state index contributed by atoms with van der Waals surface area (Å²) in [4.78, 5) is 10.4. The first kappa shape index (κ1) is 24.7. The van der Waals surface area contributed by atoms with E-state index in [1.807, 2.05) is 0 Å². The van der Waals surface area contributed by atoms with Crippen molar-refractivity contribution in [3.05, 3.63) is 0 Å². The molecular formula is C18H33I3O2. The van der Waals surface area contributed by atoms with Crippen molar-refractivity contribution >= 4 is 73.7 Å². The van der Waals surface area contributed by atoms with Crippen LogP contribution in [0, 0.1) is 0 Å². The molecule has 0 heterocycles. The molecule has 0 amide bonds. The van der Waals surface area contributed by atoms with Crippen LogP contribution in [0.25, 0.3) is 0 Å². The molecule has 0 unspecified atom stereocenters. The summed E-state index contributed by atoms with van der Waals surface area (Å²) >= 11 is 7.58. The Morgan fingerprint density at radius 3 is 1.22 bits per heavy atom. The molecule has 0 aromatic rings. The van der Waals surface area contributed by atoms with E-state index in [4.69, 9.17) is 5.11 Å². The molecule has 2 nitrogen and oxygen atoms in total. The van der Waals surface area contributed by atoms with Crippen LogP contribution in [0.4, 0.5) is 0 Å². The van der Waals surface area contributed by atoms with E-state index in [-0.39, 0.29) is 0 Å². The van der Waals surface area contributed by atoms with Gasteiger partial charge in [-0.1, -0.05) is 151 Å². The molecule has 0 aliphatic rings. The van der Waals surface area contributed by atoms with Crippen LogP contribution in [-0.4, -0.2) is 10.5 Å². The molecule has 0 radical (unpaired) electrons. The molecule has 0 aliphatic carbocycles. The van der Waals surface area contributed by atoms with Gasteiger partial charge >= 0.3 is 5.97 Å². The van der Waals surface area contributed by atoms with Gasteiger partial charge in [-0.25, -0.2) is 0 Å². The fourth-order valence-corrected chi connectivity index (χ4v) is 3.87.